The van der Waals surface area contributed by atoms with Crippen LogP contribution in [-0.4, -0.2) is 5.33 Å². The monoisotopic (exact) mass is 386 g/mol. The maximum Gasteiger partial charge on any atom is 0.00313 e. The molecule has 0 unspecified atom stereocenters. The number of halogens is 1. The molecule has 0 aliphatic rings. The molecule has 0 aromatic carbocycles. The molecule has 0 saturated heterocycles. The highest BCUT2D eigenvalue weighted by atomic mass is 79.9. The van der Waals surface area contributed by atoms with Crippen molar-refractivity contribution in [2.24, 2.45) is 0 Å². The average Bonchev–Trinajstić information content (AvgIpc) is 2.57. The van der Waals surface area contributed by atoms with Crippen molar-refractivity contribution in [2.45, 2.75) is 122 Å². The Kier molecular flexibility index (Phi) is 22.4. The lowest BCUT2D eigenvalue weighted by Crippen LogP contribution is -1.84. The summed E-state index contributed by atoms with van der Waals surface area (Å²) in [7, 11) is 0. The summed E-state index contributed by atoms with van der Waals surface area (Å²) in [5.74, 6) is 0. The van der Waals surface area contributed by atoms with E-state index in [0.717, 1.165) is 0 Å². The first-order valence-electron chi connectivity index (χ1n) is 10.6. The van der Waals surface area contributed by atoms with Gasteiger partial charge in [0.2, 0.25) is 0 Å². The van der Waals surface area contributed by atoms with Crippen LogP contribution >= 0.6 is 15.9 Å². The number of allylic oxidation sites excluding steroid dienone is 1. The Balaban J connectivity index is 2.93. The number of hydrogen-bond acceptors (Lipinski definition) is 0. The van der Waals surface area contributed by atoms with Gasteiger partial charge in [0, 0.05) is 5.33 Å². The highest BCUT2D eigenvalue weighted by Crippen LogP contribution is 2.14. The summed E-state index contributed by atoms with van der Waals surface area (Å²) in [4.78, 5) is 0. The van der Waals surface area contributed by atoms with Gasteiger partial charge in [-0.15, -0.1) is 6.58 Å². The van der Waals surface area contributed by atoms with Gasteiger partial charge in [0.15, 0.2) is 0 Å². The molecule has 0 rings (SSSR count). The Morgan fingerprint density at radius 2 is 0.696 bits per heavy atom. The van der Waals surface area contributed by atoms with Crippen LogP contribution in [0.5, 0.6) is 0 Å². The second-order valence-corrected chi connectivity index (χ2v) is 7.92. The molecule has 0 aromatic heterocycles. The minimum absolute atomic E-state index is 1.18. The smallest absolute Gasteiger partial charge is 0.00313 e. The molecular formula is C22H43Br. The molecule has 0 atom stereocenters. The van der Waals surface area contributed by atoms with E-state index < -0.39 is 0 Å². The van der Waals surface area contributed by atoms with Crippen molar-refractivity contribution in [2.75, 3.05) is 5.33 Å². The van der Waals surface area contributed by atoms with E-state index in [1.165, 1.54) is 127 Å². The maximum atomic E-state index is 3.78. The zero-order chi connectivity index (χ0) is 16.8. The molecule has 0 nitrogen and oxygen atoms in total. The minimum Gasteiger partial charge on any atom is -0.103 e. The minimum atomic E-state index is 1.18. The van der Waals surface area contributed by atoms with Crippen molar-refractivity contribution in [1.29, 1.82) is 0 Å². The third-order valence-corrected chi connectivity index (χ3v) is 5.35. The molecule has 0 bridgehead atoms. The Bertz CT molecular complexity index is 212. The van der Waals surface area contributed by atoms with E-state index >= 15 is 0 Å². The molecule has 0 radical (unpaired) electrons. The third-order valence-electron chi connectivity index (χ3n) is 4.79. The van der Waals surface area contributed by atoms with E-state index in [4.69, 9.17) is 0 Å². The summed E-state index contributed by atoms with van der Waals surface area (Å²) >= 11 is 3.50. The molecule has 0 saturated carbocycles. The predicted molar refractivity (Wildman–Crippen MR) is 112 cm³/mol. The van der Waals surface area contributed by atoms with Crippen molar-refractivity contribution in [1.82, 2.24) is 0 Å². The van der Waals surface area contributed by atoms with Crippen LogP contribution in [0.1, 0.15) is 122 Å². The number of rotatable bonds is 20. The van der Waals surface area contributed by atoms with Gasteiger partial charge in [0.25, 0.3) is 0 Å². The van der Waals surface area contributed by atoms with Gasteiger partial charge in [-0.1, -0.05) is 125 Å². The lowest BCUT2D eigenvalue weighted by Gasteiger charge is -2.03. The van der Waals surface area contributed by atoms with E-state index in [0.29, 0.717) is 0 Å². The largest absolute Gasteiger partial charge is 0.103 e. The normalized spacial score (nSPS) is 11.0. The SMILES string of the molecule is C=CCCCCCCCCCCCCCCCCCCCCBr. The summed E-state index contributed by atoms with van der Waals surface area (Å²) in [5, 5.41) is 1.18. The molecule has 138 valence electrons. The molecule has 1 heteroatoms. The van der Waals surface area contributed by atoms with Crippen LogP contribution in [-0.2, 0) is 0 Å². The first-order valence-corrected chi connectivity index (χ1v) is 11.7. The second-order valence-electron chi connectivity index (χ2n) is 7.13. The Morgan fingerprint density at radius 3 is 0.957 bits per heavy atom. The fourth-order valence-corrected chi connectivity index (χ4v) is 3.61. The van der Waals surface area contributed by atoms with Crippen molar-refractivity contribution in [3.63, 3.8) is 0 Å². The lowest BCUT2D eigenvalue weighted by atomic mass is 10.0. The predicted octanol–water partition coefficient (Wildman–Crippen LogP) is 8.98. The molecule has 0 spiro atoms. The van der Waals surface area contributed by atoms with Gasteiger partial charge in [-0.05, 0) is 19.3 Å². The first-order chi connectivity index (χ1) is 11.4. The van der Waals surface area contributed by atoms with E-state index in [-0.39, 0.29) is 0 Å². The quantitative estimate of drug-likeness (QED) is 0.111. The fraction of sp³-hybridized carbons (Fsp3) is 0.909. The molecule has 0 amide bonds. The van der Waals surface area contributed by atoms with E-state index in [1.807, 2.05) is 6.08 Å². The van der Waals surface area contributed by atoms with E-state index in [9.17, 15) is 0 Å². The average molecular weight is 387 g/mol. The van der Waals surface area contributed by atoms with Crippen LogP contribution in [0.4, 0.5) is 0 Å². The van der Waals surface area contributed by atoms with Crippen molar-refractivity contribution in [3.05, 3.63) is 12.7 Å². The number of unbranched alkanes of at least 4 members (excludes halogenated alkanes) is 18. The summed E-state index contributed by atoms with van der Waals surface area (Å²) < 4.78 is 0. The summed E-state index contributed by atoms with van der Waals surface area (Å²) in [5.41, 5.74) is 0. The first kappa shape index (κ1) is 23.2. The van der Waals surface area contributed by atoms with Gasteiger partial charge in [0.1, 0.15) is 0 Å². The van der Waals surface area contributed by atoms with Crippen LogP contribution in [0, 0.1) is 0 Å². The topological polar surface area (TPSA) is 0 Å². The Morgan fingerprint density at radius 1 is 0.435 bits per heavy atom. The highest BCUT2D eigenvalue weighted by molar-refractivity contribution is 9.09. The molecule has 0 heterocycles. The van der Waals surface area contributed by atoms with Gasteiger partial charge in [0.05, 0.1) is 0 Å². The third kappa shape index (κ3) is 22.2. The number of alkyl halides is 1. The standard InChI is InChI=1S/C22H43Br/c1-2-3-4-5-6-7-8-9-10-11-12-13-14-15-16-17-18-19-20-21-22-23/h2H,1,3-22H2. The molecule has 0 N–H and O–H groups in total. The van der Waals surface area contributed by atoms with Gasteiger partial charge >= 0.3 is 0 Å². The molecule has 0 fully saturated rings. The van der Waals surface area contributed by atoms with E-state index in [1.54, 1.807) is 0 Å². The summed E-state index contributed by atoms with van der Waals surface area (Å²) in [6.07, 6.45) is 29.3. The Hall–Kier alpha value is 0.220. The van der Waals surface area contributed by atoms with Gasteiger partial charge in [-0.2, -0.15) is 0 Å². The maximum absolute atomic E-state index is 3.78. The van der Waals surface area contributed by atoms with Gasteiger partial charge in [-0.25, -0.2) is 0 Å². The lowest BCUT2D eigenvalue weighted by molar-refractivity contribution is 0.525. The van der Waals surface area contributed by atoms with Crippen molar-refractivity contribution >= 4 is 15.9 Å². The van der Waals surface area contributed by atoms with Crippen LogP contribution in [0.15, 0.2) is 12.7 Å². The van der Waals surface area contributed by atoms with Crippen LogP contribution in [0.3, 0.4) is 0 Å². The molecule has 0 aliphatic heterocycles. The highest BCUT2D eigenvalue weighted by Gasteiger charge is 1.95. The van der Waals surface area contributed by atoms with Crippen molar-refractivity contribution in [3.8, 4) is 0 Å². The molecular weight excluding hydrogens is 344 g/mol. The molecule has 0 aliphatic carbocycles. The molecule has 23 heavy (non-hydrogen) atoms. The zero-order valence-corrected chi connectivity index (χ0v) is 17.4. The fourth-order valence-electron chi connectivity index (χ4n) is 3.21. The van der Waals surface area contributed by atoms with Crippen molar-refractivity contribution < 1.29 is 0 Å². The zero-order valence-electron chi connectivity index (χ0n) is 15.8. The molecule has 0 aromatic rings. The van der Waals surface area contributed by atoms with Crippen LogP contribution in [0.25, 0.3) is 0 Å². The van der Waals surface area contributed by atoms with Gasteiger partial charge < -0.3 is 0 Å². The Labute approximate surface area is 156 Å². The van der Waals surface area contributed by atoms with Crippen LogP contribution in [0.2, 0.25) is 0 Å². The van der Waals surface area contributed by atoms with Gasteiger partial charge in [-0.3, -0.25) is 0 Å². The van der Waals surface area contributed by atoms with Crippen LogP contribution < -0.4 is 0 Å². The number of hydrogen-bond donors (Lipinski definition) is 0. The summed E-state index contributed by atoms with van der Waals surface area (Å²) in [6.45, 7) is 3.78. The second kappa shape index (κ2) is 22.2. The summed E-state index contributed by atoms with van der Waals surface area (Å²) in [6, 6.07) is 0. The van der Waals surface area contributed by atoms with E-state index in [2.05, 4.69) is 22.5 Å².